The third-order valence-corrected chi connectivity index (χ3v) is 3.51. The molecule has 2 rings (SSSR count). The van der Waals surface area contributed by atoms with Crippen LogP contribution >= 0.6 is 0 Å². The van der Waals surface area contributed by atoms with Gasteiger partial charge in [0, 0.05) is 0 Å². The number of rotatable bonds is 1. The molecule has 1 N–H and O–H groups in total. The molecule has 0 radical (unpaired) electrons. The summed E-state index contributed by atoms with van der Waals surface area (Å²) < 4.78 is 29.3. The van der Waals surface area contributed by atoms with Crippen LogP contribution in [-0.2, 0) is 19.0 Å². The summed E-state index contributed by atoms with van der Waals surface area (Å²) in [6, 6.07) is 5.18. The van der Waals surface area contributed by atoms with Gasteiger partial charge in [0.2, 0.25) is 5.91 Å². The van der Waals surface area contributed by atoms with Crippen LogP contribution in [0.3, 0.4) is 0 Å². The van der Waals surface area contributed by atoms with Crippen LogP contribution in [0, 0.1) is 5.82 Å². The van der Waals surface area contributed by atoms with Gasteiger partial charge in [-0.1, -0.05) is 12.1 Å². The predicted octanol–water partition coefficient (Wildman–Crippen LogP) is 2.22. The molecule has 1 unspecified atom stereocenters. The number of nitrogens with zero attached hydrogens (tertiary/aromatic N) is 1. The summed E-state index contributed by atoms with van der Waals surface area (Å²) >= 11 is 0. The maximum atomic E-state index is 13.2. The molecule has 1 aromatic rings. The second-order valence-electron chi connectivity index (χ2n) is 6.96. The number of ether oxygens (including phenoxy) is 3. The molecular weight excluding hydrogens is 343 g/mol. The molecular formula is C18H25FN2O5. The maximum absolute atomic E-state index is 13.2. The van der Waals surface area contributed by atoms with E-state index in [-0.39, 0.29) is 44.8 Å². The Kier molecular flexibility index (Phi) is 6.93. The molecule has 0 aromatic heterocycles. The third-order valence-electron chi connectivity index (χ3n) is 3.51. The van der Waals surface area contributed by atoms with Crippen molar-refractivity contribution < 1.29 is 28.2 Å². The lowest BCUT2D eigenvalue weighted by molar-refractivity contribution is -0.126. The monoisotopic (exact) mass is 368 g/mol. The van der Waals surface area contributed by atoms with Crippen molar-refractivity contribution in [3.05, 3.63) is 35.6 Å². The van der Waals surface area contributed by atoms with E-state index < -0.39 is 17.7 Å². The Bertz CT molecular complexity index is 615. The fraction of sp³-hybridized carbons (Fsp3) is 0.556. The zero-order valence-corrected chi connectivity index (χ0v) is 15.3. The van der Waals surface area contributed by atoms with Crippen LogP contribution in [0.2, 0.25) is 0 Å². The largest absolute Gasteiger partial charge is 0.444 e. The Balaban J connectivity index is 2.23. The predicted molar refractivity (Wildman–Crippen MR) is 91.9 cm³/mol. The van der Waals surface area contributed by atoms with Crippen molar-refractivity contribution in [3.8, 4) is 0 Å². The molecule has 1 aliphatic heterocycles. The fourth-order valence-corrected chi connectivity index (χ4v) is 2.35. The van der Waals surface area contributed by atoms with Crippen molar-refractivity contribution in [1.82, 2.24) is 10.2 Å². The summed E-state index contributed by atoms with van der Waals surface area (Å²) in [7, 11) is 0. The number of benzene rings is 1. The number of halogens is 1. The number of carbonyl (C=O) groups excluding carboxylic acids is 2. The van der Waals surface area contributed by atoms with Crippen LogP contribution in [0.5, 0.6) is 0 Å². The first kappa shape index (κ1) is 20.1. The van der Waals surface area contributed by atoms with Crippen LogP contribution in [-0.4, -0.2) is 55.6 Å². The van der Waals surface area contributed by atoms with Crippen molar-refractivity contribution in [2.45, 2.75) is 32.4 Å². The highest BCUT2D eigenvalue weighted by molar-refractivity contribution is 5.78. The average Bonchev–Trinajstić information content (AvgIpc) is 2.58. The van der Waals surface area contributed by atoms with Crippen molar-refractivity contribution in [1.29, 1.82) is 0 Å². The molecule has 1 atom stereocenters. The van der Waals surface area contributed by atoms with Gasteiger partial charge in [-0.25, -0.2) is 9.18 Å². The minimum absolute atomic E-state index is 0.00810. The molecule has 2 amide bonds. The molecule has 0 saturated carbocycles. The Morgan fingerprint density at radius 1 is 1.23 bits per heavy atom. The summed E-state index contributed by atoms with van der Waals surface area (Å²) in [5, 5.41) is 2.81. The Morgan fingerprint density at radius 3 is 2.54 bits per heavy atom. The highest BCUT2D eigenvalue weighted by Crippen LogP contribution is 2.18. The van der Waals surface area contributed by atoms with E-state index in [1.807, 2.05) is 0 Å². The molecule has 7 nitrogen and oxygen atoms in total. The van der Waals surface area contributed by atoms with Crippen LogP contribution in [0.25, 0.3) is 0 Å². The van der Waals surface area contributed by atoms with Gasteiger partial charge in [-0.15, -0.1) is 0 Å². The van der Waals surface area contributed by atoms with Gasteiger partial charge < -0.3 is 19.5 Å². The van der Waals surface area contributed by atoms with Gasteiger partial charge in [0.05, 0.1) is 25.8 Å². The maximum Gasteiger partial charge on any atom is 0.412 e. The van der Waals surface area contributed by atoms with E-state index in [2.05, 4.69) is 5.32 Å². The Morgan fingerprint density at radius 2 is 1.88 bits per heavy atom. The summed E-state index contributed by atoms with van der Waals surface area (Å²) in [6.45, 7) is 5.78. The van der Waals surface area contributed by atoms with E-state index in [1.165, 1.54) is 17.0 Å². The normalized spacial score (nSPS) is 20.1. The van der Waals surface area contributed by atoms with E-state index in [4.69, 9.17) is 14.2 Å². The number of nitrogens with one attached hydrogen (secondary N) is 1. The lowest BCUT2D eigenvalue weighted by Gasteiger charge is -2.30. The summed E-state index contributed by atoms with van der Waals surface area (Å²) in [5.74, 6) is -0.710. The quantitative estimate of drug-likeness (QED) is 0.823. The number of carbonyl (C=O) groups is 2. The van der Waals surface area contributed by atoms with Crippen LogP contribution in [0.15, 0.2) is 24.3 Å². The minimum Gasteiger partial charge on any atom is -0.444 e. The van der Waals surface area contributed by atoms with Crippen molar-refractivity contribution in [2.75, 3.05) is 33.1 Å². The standard InChI is InChI=1S/C18H25FN2O5/c1-18(2,3)26-17(23)21-10-15(13-4-6-14(19)7-5-13)20-16(22)11-24-8-9-25-12-21/h4-7,15H,8-12H2,1-3H3,(H,20,22). The lowest BCUT2D eigenvalue weighted by atomic mass is 10.1. The van der Waals surface area contributed by atoms with E-state index in [0.717, 1.165) is 0 Å². The van der Waals surface area contributed by atoms with E-state index in [1.54, 1.807) is 32.9 Å². The van der Waals surface area contributed by atoms with Crippen LogP contribution in [0.4, 0.5) is 9.18 Å². The molecule has 144 valence electrons. The average molecular weight is 368 g/mol. The number of hydrogen-bond donors (Lipinski definition) is 1. The highest BCUT2D eigenvalue weighted by Gasteiger charge is 2.27. The molecule has 0 aliphatic carbocycles. The molecule has 1 heterocycles. The van der Waals surface area contributed by atoms with Gasteiger partial charge in [-0.05, 0) is 38.5 Å². The van der Waals surface area contributed by atoms with Gasteiger partial charge in [0.1, 0.15) is 24.8 Å². The van der Waals surface area contributed by atoms with Crippen LogP contribution in [0.1, 0.15) is 32.4 Å². The van der Waals surface area contributed by atoms with Gasteiger partial charge in [0.15, 0.2) is 0 Å². The summed E-state index contributed by atoms with van der Waals surface area (Å²) in [5.41, 5.74) is -0.00588. The van der Waals surface area contributed by atoms with Crippen molar-refractivity contribution >= 4 is 12.0 Å². The zero-order valence-electron chi connectivity index (χ0n) is 15.3. The van der Waals surface area contributed by atoms with E-state index in [9.17, 15) is 14.0 Å². The summed E-state index contributed by atoms with van der Waals surface area (Å²) in [4.78, 5) is 25.9. The molecule has 0 bridgehead atoms. The topological polar surface area (TPSA) is 77.1 Å². The van der Waals surface area contributed by atoms with Gasteiger partial charge in [-0.3, -0.25) is 9.69 Å². The highest BCUT2D eigenvalue weighted by atomic mass is 19.1. The summed E-state index contributed by atoms with van der Waals surface area (Å²) in [6.07, 6.45) is -0.556. The van der Waals surface area contributed by atoms with Crippen molar-refractivity contribution in [2.24, 2.45) is 0 Å². The molecule has 1 fully saturated rings. The second kappa shape index (κ2) is 8.95. The molecule has 1 aromatic carbocycles. The fourth-order valence-electron chi connectivity index (χ4n) is 2.35. The van der Waals surface area contributed by atoms with Gasteiger partial charge in [-0.2, -0.15) is 0 Å². The molecule has 1 aliphatic rings. The first-order valence-corrected chi connectivity index (χ1v) is 8.43. The SMILES string of the molecule is CC(C)(C)OC(=O)N1COCCOCC(=O)NC(c2ccc(F)cc2)C1. The van der Waals surface area contributed by atoms with E-state index in [0.29, 0.717) is 5.56 Å². The minimum atomic E-state index is -0.666. The van der Waals surface area contributed by atoms with Crippen molar-refractivity contribution in [3.63, 3.8) is 0 Å². The second-order valence-corrected chi connectivity index (χ2v) is 6.96. The molecule has 26 heavy (non-hydrogen) atoms. The smallest absolute Gasteiger partial charge is 0.412 e. The zero-order chi connectivity index (χ0) is 19.2. The van der Waals surface area contributed by atoms with Gasteiger partial charge in [0.25, 0.3) is 0 Å². The first-order valence-electron chi connectivity index (χ1n) is 8.43. The first-order chi connectivity index (χ1) is 12.2. The molecule has 1 saturated heterocycles. The molecule has 8 heteroatoms. The Hall–Kier alpha value is -2.19. The third kappa shape index (κ3) is 6.61. The number of hydrogen-bond acceptors (Lipinski definition) is 5. The van der Waals surface area contributed by atoms with Crippen LogP contribution < -0.4 is 5.32 Å². The Labute approximate surface area is 152 Å². The van der Waals surface area contributed by atoms with Gasteiger partial charge >= 0.3 is 6.09 Å². The number of amides is 2. The van der Waals surface area contributed by atoms with E-state index >= 15 is 0 Å². The molecule has 0 spiro atoms. The lowest BCUT2D eigenvalue weighted by Crippen LogP contribution is -2.44.